The van der Waals surface area contributed by atoms with Crippen LogP contribution >= 0.6 is 0 Å². The zero-order valence-electron chi connectivity index (χ0n) is 16.5. The van der Waals surface area contributed by atoms with Gasteiger partial charge in [-0.15, -0.1) is 0 Å². The zero-order valence-corrected chi connectivity index (χ0v) is 16.5. The third-order valence-corrected chi connectivity index (χ3v) is 6.13. The molecule has 1 aromatic rings. The van der Waals surface area contributed by atoms with Crippen LogP contribution in [0.4, 0.5) is 0 Å². The summed E-state index contributed by atoms with van der Waals surface area (Å²) in [5.74, 6) is 1.76. The molecule has 0 unspecified atom stereocenters. The van der Waals surface area contributed by atoms with Crippen LogP contribution in [-0.4, -0.2) is 41.9 Å². The minimum atomic E-state index is -0.935. The van der Waals surface area contributed by atoms with Crippen LogP contribution in [0.3, 0.4) is 0 Å². The molecule has 0 radical (unpaired) electrons. The fraction of sp³-hybridized carbons (Fsp3) is 0.619. The van der Waals surface area contributed by atoms with Crippen molar-refractivity contribution >= 4 is 11.8 Å². The van der Waals surface area contributed by atoms with Gasteiger partial charge in [-0.25, -0.2) is 0 Å². The molecule has 5 heteroatoms. The highest BCUT2D eigenvalue weighted by Gasteiger charge is 2.43. The fourth-order valence-electron chi connectivity index (χ4n) is 4.30. The Morgan fingerprint density at radius 2 is 1.92 bits per heavy atom. The molecule has 1 aliphatic heterocycles. The molecular weight excluding hydrogens is 328 g/mol. The van der Waals surface area contributed by atoms with Gasteiger partial charge in [0.15, 0.2) is 5.60 Å². The molecule has 3 rings (SSSR count). The summed E-state index contributed by atoms with van der Waals surface area (Å²) in [5, 5.41) is 2.95. The molecular formula is C21H30N2O3. The number of carbonyl (C=O) groups excluding carboxylic acids is 2. The van der Waals surface area contributed by atoms with Gasteiger partial charge in [0.25, 0.3) is 5.91 Å². The number of rotatable bonds is 4. The second kappa shape index (κ2) is 6.93. The van der Waals surface area contributed by atoms with E-state index in [4.69, 9.17) is 4.74 Å². The average Bonchev–Trinajstić information content (AvgIpc) is 3.00. The van der Waals surface area contributed by atoms with Gasteiger partial charge in [-0.3, -0.25) is 9.59 Å². The van der Waals surface area contributed by atoms with Gasteiger partial charge in [0.1, 0.15) is 5.75 Å². The number of aryl methyl sites for hydroxylation is 1. The highest BCUT2D eigenvalue weighted by molar-refractivity contribution is 5.85. The molecule has 1 saturated carbocycles. The van der Waals surface area contributed by atoms with Gasteiger partial charge in [-0.1, -0.05) is 12.1 Å². The van der Waals surface area contributed by atoms with Crippen molar-refractivity contribution in [3.63, 3.8) is 0 Å². The van der Waals surface area contributed by atoms with Gasteiger partial charge in [-0.2, -0.15) is 0 Å². The first-order valence-electron chi connectivity index (χ1n) is 9.48. The number of ether oxygens (including phenoxy) is 1. The van der Waals surface area contributed by atoms with Crippen molar-refractivity contribution in [3.05, 3.63) is 29.3 Å². The Morgan fingerprint density at radius 1 is 1.23 bits per heavy atom. The number of hydrogen-bond donors (Lipinski definition) is 1. The minimum absolute atomic E-state index is 0.0126. The number of fused-ring (bicyclic) bond motifs is 1. The van der Waals surface area contributed by atoms with Crippen LogP contribution in [0.25, 0.3) is 0 Å². The Labute approximate surface area is 156 Å². The summed E-state index contributed by atoms with van der Waals surface area (Å²) in [6.07, 6.45) is 2.44. The predicted octanol–water partition coefficient (Wildman–Crippen LogP) is 2.83. The van der Waals surface area contributed by atoms with E-state index >= 15 is 0 Å². The van der Waals surface area contributed by atoms with Crippen LogP contribution in [-0.2, 0) is 9.59 Å². The molecule has 0 bridgehead atoms. The minimum Gasteiger partial charge on any atom is -0.478 e. The van der Waals surface area contributed by atoms with Crippen molar-refractivity contribution in [2.75, 3.05) is 13.6 Å². The lowest BCUT2D eigenvalue weighted by atomic mass is 9.89. The monoisotopic (exact) mass is 358 g/mol. The maximum atomic E-state index is 13.1. The van der Waals surface area contributed by atoms with Gasteiger partial charge in [-0.05, 0) is 69.6 Å². The third kappa shape index (κ3) is 3.57. The summed E-state index contributed by atoms with van der Waals surface area (Å²) in [6.45, 7) is 8.46. The van der Waals surface area contributed by atoms with Crippen LogP contribution in [0, 0.1) is 25.7 Å². The van der Waals surface area contributed by atoms with Crippen molar-refractivity contribution in [1.29, 1.82) is 0 Å². The number of hydrogen-bond acceptors (Lipinski definition) is 3. The number of piperidine rings is 1. The first-order valence-corrected chi connectivity index (χ1v) is 9.48. The molecule has 1 aliphatic carbocycles. The summed E-state index contributed by atoms with van der Waals surface area (Å²) < 4.78 is 6.13. The molecule has 26 heavy (non-hydrogen) atoms. The van der Waals surface area contributed by atoms with Crippen molar-refractivity contribution in [3.8, 4) is 5.75 Å². The molecule has 1 N–H and O–H groups in total. The lowest BCUT2D eigenvalue weighted by Gasteiger charge is -2.34. The summed E-state index contributed by atoms with van der Waals surface area (Å²) in [7, 11) is 1.87. The van der Waals surface area contributed by atoms with Crippen molar-refractivity contribution in [1.82, 2.24) is 10.2 Å². The van der Waals surface area contributed by atoms with Gasteiger partial charge in [0.2, 0.25) is 5.91 Å². The topological polar surface area (TPSA) is 58.6 Å². The molecule has 142 valence electrons. The van der Waals surface area contributed by atoms with E-state index < -0.39 is 5.60 Å². The summed E-state index contributed by atoms with van der Waals surface area (Å²) in [4.78, 5) is 26.6. The molecule has 0 spiro atoms. The molecule has 5 nitrogen and oxygen atoms in total. The van der Waals surface area contributed by atoms with Crippen molar-refractivity contribution in [2.45, 2.75) is 58.6 Å². The number of likely N-dealkylation sites (N-methyl/N-ethyl adjacent to an activating group) is 1. The van der Waals surface area contributed by atoms with Gasteiger partial charge < -0.3 is 15.0 Å². The third-order valence-electron chi connectivity index (χ3n) is 6.13. The molecule has 2 fully saturated rings. The van der Waals surface area contributed by atoms with Gasteiger partial charge >= 0.3 is 0 Å². The van der Waals surface area contributed by atoms with E-state index in [1.807, 2.05) is 57.8 Å². The number of nitrogens with zero attached hydrogens (tertiary/aromatic N) is 1. The largest absolute Gasteiger partial charge is 0.478 e. The Morgan fingerprint density at radius 3 is 2.65 bits per heavy atom. The molecule has 0 aromatic heterocycles. The molecule has 2 amide bonds. The van der Waals surface area contributed by atoms with E-state index in [-0.39, 0.29) is 17.9 Å². The Kier molecular flexibility index (Phi) is 5.00. The normalized spacial score (nSPS) is 25.4. The van der Waals surface area contributed by atoms with Gasteiger partial charge in [0.05, 0.1) is 0 Å². The van der Waals surface area contributed by atoms with Crippen LogP contribution in [0.15, 0.2) is 18.2 Å². The zero-order chi connectivity index (χ0) is 19.1. The molecule has 1 aromatic carbocycles. The number of amides is 2. The highest BCUT2D eigenvalue weighted by atomic mass is 16.5. The lowest BCUT2D eigenvalue weighted by molar-refractivity contribution is -0.146. The molecule has 2 aliphatic rings. The van der Waals surface area contributed by atoms with Crippen molar-refractivity contribution < 1.29 is 14.3 Å². The standard InChI is InChI=1S/C21H30N2O3/c1-13-7-6-8-18(14(13)2)26-21(3,4)20(25)23(5)17-9-15-11-19(24)22-12-16(15)10-17/h6-8,15-17H,9-12H2,1-5H3,(H,22,24)/t15-,16+,17-/m1/s1. The second-order valence-corrected chi connectivity index (χ2v) is 8.38. The lowest BCUT2D eigenvalue weighted by Crippen LogP contribution is -2.50. The fourth-order valence-corrected chi connectivity index (χ4v) is 4.30. The number of benzene rings is 1. The van der Waals surface area contributed by atoms with E-state index in [2.05, 4.69) is 5.32 Å². The van der Waals surface area contributed by atoms with Crippen LogP contribution in [0.2, 0.25) is 0 Å². The average molecular weight is 358 g/mol. The van der Waals surface area contributed by atoms with E-state index in [1.54, 1.807) is 0 Å². The second-order valence-electron chi connectivity index (χ2n) is 8.38. The van der Waals surface area contributed by atoms with E-state index in [9.17, 15) is 9.59 Å². The Balaban J connectivity index is 1.69. The van der Waals surface area contributed by atoms with E-state index in [1.165, 1.54) is 0 Å². The first kappa shape index (κ1) is 18.7. The number of nitrogens with one attached hydrogen (secondary N) is 1. The first-order chi connectivity index (χ1) is 12.2. The Bertz CT molecular complexity index is 713. The summed E-state index contributed by atoms with van der Waals surface area (Å²) in [5.41, 5.74) is 1.28. The smallest absolute Gasteiger partial charge is 0.266 e. The van der Waals surface area contributed by atoms with E-state index in [0.29, 0.717) is 18.3 Å². The molecule has 1 heterocycles. The predicted molar refractivity (Wildman–Crippen MR) is 101 cm³/mol. The SMILES string of the molecule is Cc1cccc(OC(C)(C)C(=O)N(C)[C@H]2C[C@H]3CNC(=O)C[C@H]3C2)c1C. The quantitative estimate of drug-likeness (QED) is 0.900. The summed E-state index contributed by atoms with van der Waals surface area (Å²) >= 11 is 0. The van der Waals surface area contributed by atoms with E-state index in [0.717, 1.165) is 36.3 Å². The maximum absolute atomic E-state index is 13.1. The van der Waals surface area contributed by atoms with Crippen LogP contribution in [0.5, 0.6) is 5.75 Å². The molecule has 1 saturated heterocycles. The van der Waals surface area contributed by atoms with Crippen LogP contribution < -0.4 is 10.1 Å². The van der Waals surface area contributed by atoms with Crippen molar-refractivity contribution in [2.24, 2.45) is 11.8 Å². The highest BCUT2D eigenvalue weighted by Crippen LogP contribution is 2.39. The van der Waals surface area contributed by atoms with Gasteiger partial charge in [0, 0.05) is 26.1 Å². The maximum Gasteiger partial charge on any atom is 0.266 e. The molecule has 3 atom stereocenters. The summed E-state index contributed by atoms with van der Waals surface area (Å²) in [6, 6.07) is 6.08. The Hall–Kier alpha value is -2.04. The van der Waals surface area contributed by atoms with Crippen LogP contribution in [0.1, 0.15) is 44.2 Å². The number of carbonyl (C=O) groups is 2.